The SMILES string of the molecule is CCC1CC1Nc1nccc(OC(C)C)n1. The highest BCUT2D eigenvalue weighted by Gasteiger charge is 2.35. The second kappa shape index (κ2) is 4.68. The molecule has 2 unspecified atom stereocenters. The van der Waals surface area contributed by atoms with Gasteiger partial charge in [0.2, 0.25) is 11.8 Å². The number of rotatable bonds is 5. The fourth-order valence-corrected chi connectivity index (χ4v) is 1.76. The van der Waals surface area contributed by atoms with Crippen LogP contribution in [-0.2, 0) is 0 Å². The van der Waals surface area contributed by atoms with Gasteiger partial charge in [-0.3, -0.25) is 0 Å². The van der Waals surface area contributed by atoms with Crippen molar-refractivity contribution in [3.8, 4) is 5.88 Å². The summed E-state index contributed by atoms with van der Waals surface area (Å²) < 4.78 is 5.52. The molecular formula is C12H19N3O. The third kappa shape index (κ3) is 2.84. The van der Waals surface area contributed by atoms with Crippen LogP contribution in [0.15, 0.2) is 12.3 Å². The highest BCUT2D eigenvalue weighted by molar-refractivity contribution is 5.31. The van der Waals surface area contributed by atoms with Crippen LogP contribution in [0.1, 0.15) is 33.6 Å². The Morgan fingerprint density at radius 1 is 1.56 bits per heavy atom. The van der Waals surface area contributed by atoms with Gasteiger partial charge in [-0.05, 0) is 26.2 Å². The van der Waals surface area contributed by atoms with E-state index in [1.807, 2.05) is 13.8 Å². The summed E-state index contributed by atoms with van der Waals surface area (Å²) >= 11 is 0. The Hall–Kier alpha value is -1.32. The van der Waals surface area contributed by atoms with Crippen LogP contribution in [0.4, 0.5) is 5.95 Å². The molecule has 2 rings (SSSR count). The summed E-state index contributed by atoms with van der Waals surface area (Å²) in [5, 5.41) is 3.33. The molecule has 0 aliphatic heterocycles. The summed E-state index contributed by atoms with van der Waals surface area (Å²) in [5.41, 5.74) is 0. The van der Waals surface area contributed by atoms with Crippen molar-refractivity contribution in [2.45, 2.75) is 45.8 Å². The Labute approximate surface area is 96.4 Å². The first-order valence-electron chi connectivity index (χ1n) is 5.95. The van der Waals surface area contributed by atoms with E-state index in [-0.39, 0.29) is 6.10 Å². The highest BCUT2D eigenvalue weighted by Crippen LogP contribution is 2.35. The number of anilines is 1. The number of nitrogens with one attached hydrogen (secondary N) is 1. The molecule has 1 N–H and O–H groups in total. The van der Waals surface area contributed by atoms with Gasteiger partial charge in [0, 0.05) is 18.3 Å². The fraction of sp³-hybridized carbons (Fsp3) is 0.667. The van der Waals surface area contributed by atoms with E-state index >= 15 is 0 Å². The van der Waals surface area contributed by atoms with E-state index in [9.17, 15) is 0 Å². The van der Waals surface area contributed by atoms with Crippen molar-refractivity contribution in [1.29, 1.82) is 0 Å². The molecule has 1 aromatic heterocycles. The predicted octanol–water partition coefficient (Wildman–Crippen LogP) is 2.47. The van der Waals surface area contributed by atoms with E-state index in [1.54, 1.807) is 12.3 Å². The lowest BCUT2D eigenvalue weighted by atomic mass is 10.3. The van der Waals surface area contributed by atoms with E-state index in [2.05, 4.69) is 22.2 Å². The second-order valence-electron chi connectivity index (χ2n) is 4.54. The Balaban J connectivity index is 1.94. The first-order valence-corrected chi connectivity index (χ1v) is 5.95. The molecule has 88 valence electrons. The molecule has 1 heterocycles. The number of ether oxygens (including phenoxy) is 1. The van der Waals surface area contributed by atoms with Crippen LogP contribution in [0.3, 0.4) is 0 Å². The molecule has 16 heavy (non-hydrogen) atoms. The van der Waals surface area contributed by atoms with Crippen LogP contribution in [-0.4, -0.2) is 22.1 Å². The normalized spacial score (nSPS) is 23.2. The molecule has 0 saturated heterocycles. The molecule has 1 aliphatic carbocycles. The molecule has 4 heteroatoms. The van der Waals surface area contributed by atoms with Crippen molar-refractivity contribution in [3.63, 3.8) is 0 Å². The van der Waals surface area contributed by atoms with E-state index in [0.717, 1.165) is 5.92 Å². The van der Waals surface area contributed by atoms with Crippen LogP contribution in [0, 0.1) is 5.92 Å². The molecule has 4 nitrogen and oxygen atoms in total. The molecule has 1 aromatic rings. The lowest BCUT2D eigenvalue weighted by molar-refractivity contribution is 0.232. The zero-order valence-corrected chi connectivity index (χ0v) is 10.1. The molecule has 0 aromatic carbocycles. The number of nitrogens with zero attached hydrogens (tertiary/aromatic N) is 2. The number of aromatic nitrogens is 2. The van der Waals surface area contributed by atoms with Crippen LogP contribution in [0.2, 0.25) is 0 Å². The molecule has 1 saturated carbocycles. The largest absolute Gasteiger partial charge is 0.475 e. The average molecular weight is 221 g/mol. The van der Waals surface area contributed by atoms with Gasteiger partial charge in [0.05, 0.1) is 6.10 Å². The smallest absolute Gasteiger partial charge is 0.226 e. The second-order valence-corrected chi connectivity index (χ2v) is 4.54. The van der Waals surface area contributed by atoms with Gasteiger partial charge in [0.1, 0.15) is 0 Å². The van der Waals surface area contributed by atoms with Gasteiger partial charge in [-0.1, -0.05) is 13.3 Å². The topological polar surface area (TPSA) is 47.0 Å². The maximum Gasteiger partial charge on any atom is 0.226 e. The lowest BCUT2D eigenvalue weighted by Crippen LogP contribution is -2.11. The first-order chi connectivity index (χ1) is 7.69. The van der Waals surface area contributed by atoms with Gasteiger partial charge < -0.3 is 10.1 Å². The quantitative estimate of drug-likeness (QED) is 0.829. The van der Waals surface area contributed by atoms with Crippen molar-refractivity contribution in [1.82, 2.24) is 9.97 Å². The molecular weight excluding hydrogens is 202 g/mol. The highest BCUT2D eigenvalue weighted by atomic mass is 16.5. The zero-order valence-electron chi connectivity index (χ0n) is 10.1. The van der Waals surface area contributed by atoms with Gasteiger partial charge in [-0.2, -0.15) is 4.98 Å². The van der Waals surface area contributed by atoms with Crippen molar-refractivity contribution in [2.75, 3.05) is 5.32 Å². The van der Waals surface area contributed by atoms with Gasteiger partial charge >= 0.3 is 0 Å². The Kier molecular flexibility index (Phi) is 3.27. The van der Waals surface area contributed by atoms with Crippen molar-refractivity contribution >= 4 is 5.95 Å². The van der Waals surface area contributed by atoms with Crippen molar-refractivity contribution in [2.24, 2.45) is 5.92 Å². The Morgan fingerprint density at radius 3 is 3.00 bits per heavy atom. The van der Waals surface area contributed by atoms with Gasteiger partial charge in [-0.25, -0.2) is 4.98 Å². The molecule has 2 atom stereocenters. The van der Waals surface area contributed by atoms with E-state index in [4.69, 9.17) is 4.74 Å². The minimum atomic E-state index is 0.145. The summed E-state index contributed by atoms with van der Waals surface area (Å²) in [6.45, 7) is 6.19. The first kappa shape index (κ1) is 11.2. The van der Waals surface area contributed by atoms with Crippen LogP contribution < -0.4 is 10.1 Å². The molecule has 1 aliphatic rings. The maximum atomic E-state index is 5.52. The van der Waals surface area contributed by atoms with Gasteiger partial charge in [0.15, 0.2) is 0 Å². The third-order valence-corrected chi connectivity index (χ3v) is 2.75. The summed E-state index contributed by atoms with van der Waals surface area (Å²) in [6.07, 6.45) is 4.33. The minimum absolute atomic E-state index is 0.145. The third-order valence-electron chi connectivity index (χ3n) is 2.75. The molecule has 0 radical (unpaired) electrons. The zero-order chi connectivity index (χ0) is 11.5. The van der Waals surface area contributed by atoms with Crippen LogP contribution in [0.5, 0.6) is 5.88 Å². The summed E-state index contributed by atoms with van der Waals surface area (Å²) in [6, 6.07) is 2.34. The predicted molar refractivity (Wildman–Crippen MR) is 63.6 cm³/mol. The summed E-state index contributed by atoms with van der Waals surface area (Å²) in [5.74, 6) is 2.11. The van der Waals surface area contributed by atoms with Gasteiger partial charge in [0.25, 0.3) is 0 Å². The molecule has 0 spiro atoms. The Bertz CT molecular complexity index is 354. The minimum Gasteiger partial charge on any atom is -0.475 e. The number of hydrogen-bond acceptors (Lipinski definition) is 4. The van der Waals surface area contributed by atoms with E-state index in [0.29, 0.717) is 17.9 Å². The number of hydrogen-bond donors (Lipinski definition) is 1. The van der Waals surface area contributed by atoms with Crippen LogP contribution in [0.25, 0.3) is 0 Å². The molecule has 0 amide bonds. The summed E-state index contributed by atoms with van der Waals surface area (Å²) in [4.78, 5) is 8.51. The van der Waals surface area contributed by atoms with Crippen LogP contribution >= 0.6 is 0 Å². The average Bonchev–Trinajstić information content (AvgIpc) is 2.96. The van der Waals surface area contributed by atoms with E-state index in [1.165, 1.54) is 12.8 Å². The lowest BCUT2D eigenvalue weighted by Gasteiger charge is -2.09. The molecule has 1 fully saturated rings. The fourth-order valence-electron chi connectivity index (χ4n) is 1.76. The molecule has 0 bridgehead atoms. The Morgan fingerprint density at radius 2 is 2.38 bits per heavy atom. The van der Waals surface area contributed by atoms with Crippen molar-refractivity contribution < 1.29 is 4.74 Å². The maximum absolute atomic E-state index is 5.52. The van der Waals surface area contributed by atoms with Crippen molar-refractivity contribution in [3.05, 3.63) is 12.3 Å². The summed E-state index contributed by atoms with van der Waals surface area (Å²) in [7, 11) is 0. The van der Waals surface area contributed by atoms with E-state index < -0.39 is 0 Å². The standard InChI is InChI=1S/C12H19N3O/c1-4-9-7-10(9)14-12-13-6-5-11(15-12)16-8(2)3/h5-6,8-10H,4,7H2,1-3H3,(H,13,14,15). The van der Waals surface area contributed by atoms with Gasteiger partial charge in [-0.15, -0.1) is 0 Å². The monoisotopic (exact) mass is 221 g/mol.